The predicted molar refractivity (Wildman–Crippen MR) is 117 cm³/mol. The predicted octanol–water partition coefficient (Wildman–Crippen LogP) is -2.37. The van der Waals surface area contributed by atoms with E-state index in [4.69, 9.17) is 5.73 Å². The maximum atomic E-state index is 12.7. The highest BCUT2D eigenvalue weighted by atomic mass is 16.4. The Labute approximate surface area is 191 Å². The molecule has 0 aliphatic rings. The van der Waals surface area contributed by atoms with Crippen LogP contribution in [-0.2, 0) is 25.6 Å². The van der Waals surface area contributed by atoms with E-state index in [0.29, 0.717) is 12.1 Å². The Morgan fingerprint density at radius 2 is 1.45 bits per heavy atom. The lowest BCUT2D eigenvalue weighted by atomic mass is 9.98. The summed E-state index contributed by atoms with van der Waals surface area (Å²) in [5.74, 6) is -4.26. The van der Waals surface area contributed by atoms with Crippen molar-refractivity contribution >= 4 is 23.7 Å². The van der Waals surface area contributed by atoms with E-state index in [2.05, 4.69) is 25.9 Å². The van der Waals surface area contributed by atoms with Crippen molar-refractivity contribution in [1.29, 1.82) is 0 Å². The first-order valence-electron chi connectivity index (χ1n) is 10.6. The second kappa shape index (κ2) is 12.9. The number of aliphatic hydroxyl groups excluding tert-OH is 2. The van der Waals surface area contributed by atoms with E-state index in [9.17, 15) is 34.5 Å². The fourth-order valence-electron chi connectivity index (χ4n) is 2.97. The Morgan fingerprint density at radius 3 is 1.85 bits per heavy atom. The summed E-state index contributed by atoms with van der Waals surface area (Å²) in [6, 6.07) is -5.29. The number of aliphatic carboxylic acids is 1. The number of aromatic amines is 1. The van der Waals surface area contributed by atoms with Gasteiger partial charge in [-0.15, -0.1) is 0 Å². The van der Waals surface area contributed by atoms with Gasteiger partial charge in [-0.3, -0.25) is 14.4 Å². The number of imidazole rings is 1. The number of nitrogens with zero attached hydrogens (tertiary/aromatic N) is 1. The molecule has 7 unspecified atom stereocenters. The van der Waals surface area contributed by atoms with E-state index in [-0.39, 0.29) is 6.42 Å². The van der Waals surface area contributed by atoms with E-state index in [1.165, 1.54) is 26.4 Å². The molecule has 9 N–H and O–H groups in total. The SMILES string of the molecule is CCC(C)C(NC(=O)C(NC(=O)C(NC(=O)C(N)Cc1cnc[nH]1)C(C)O)C(C)O)C(=O)O. The molecular formula is C20H34N6O7. The van der Waals surface area contributed by atoms with E-state index in [1.54, 1.807) is 13.8 Å². The molecule has 0 aliphatic heterocycles. The largest absolute Gasteiger partial charge is 0.480 e. The van der Waals surface area contributed by atoms with Gasteiger partial charge in [0, 0.05) is 18.3 Å². The summed E-state index contributed by atoms with van der Waals surface area (Å²) in [7, 11) is 0. The quantitative estimate of drug-likeness (QED) is 0.154. The number of carboxylic acid groups (broad SMARTS) is 1. The lowest BCUT2D eigenvalue weighted by molar-refractivity contribution is -0.144. The highest BCUT2D eigenvalue weighted by Crippen LogP contribution is 2.09. The molecule has 0 aliphatic carbocycles. The summed E-state index contributed by atoms with van der Waals surface area (Å²) in [6.07, 6.45) is 0.722. The Bertz CT molecular complexity index is 799. The molecule has 0 bridgehead atoms. The third kappa shape index (κ3) is 8.44. The molecule has 1 heterocycles. The van der Waals surface area contributed by atoms with Crippen LogP contribution < -0.4 is 21.7 Å². The highest BCUT2D eigenvalue weighted by Gasteiger charge is 2.35. The van der Waals surface area contributed by atoms with Crippen molar-refractivity contribution in [1.82, 2.24) is 25.9 Å². The minimum Gasteiger partial charge on any atom is -0.480 e. The van der Waals surface area contributed by atoms with E-state index in [1.807, 2.05) is 0 Å². The fourth-order valence-corrected chi connectivity index (χ4v) is 2.97. The van der Waals surface area contributed by atoms with Crippen molar-refractivity contribution in [3.63, 3.8) is 0 Å². The third-order valence-corrected chi connectivity index (χ3v) is 5.23. The van der Waals surface area contributed by atoms with Gasteiger partial charge >= 0.3 is 5.97 Å². The van der Waals surface area contributed by atoms with Crippen LogP contribution in [0.15, 0.2) is 12.5 Å². The van der Waals surface area contributed by atoms with Crippen LogP contribution >= 0.6 is 0 Å². The van der Waals surface area contributed by atoms with Crippen LogP contribution in [0.1, 0.15) is 39.8 Å². The van der Waals surface area contributed by atoms with E-state index in [0.717, 1.165) is 0 Å². The van der Waals surface area contributed by atoms with Crippen LogP contribution in [0, 0.1) is 5.92 Å². The topological polar surface area (TPSA) is 220 Å². The van der Waals surface area contributed by atoms with Crippen molar-refractivity contribution in [2.75, 3.05) is 0 Å². The van der Waals surface area contributed by atoms with Gasteiger partial charge in [0.25, 0.3) is 0 Å². The van der Waals surface area contributed by atoms with Gasteiger partial charge in [0.05, 0.1) is 24.6 Å². The number of H-pyrrole nitrogens is 1. The molecule has 0 radical (unpaired) electrons. The maximum Gasteiger partial charge on any atom is 0.326 e. The Morgan fingerprint density at radius 1 is 0.970 bits per heavy atom. The maximum absolute atomic E-state index is 12.7. The average Bonchev–Trinajstić information content (AvgIpc) is 3.25. The van der Waals surface area contributed by atoms with Crippen molar-refractivity contribution in [3.05, 3.63) is 18.2 Å². The van der Waals surface area contributed by atoms with Crippen LogP contribution in [-0.4, -0.2) is 85.4 Å². The van der Waals surface area contributed by atoms with Crippen LogP contribution in [0.2, 0.25) is 0 Å². The molecule has 0 fully saturated rings. The molecule has 1 aromatic rings. The molecule has 1 rings (SSSR count). The van der Waals surface area contributed by atoms with Crippen molar-refractivity contribution < 1.29 is 34.5 Å². The van der Waals surface area contributed by atoms with Crippen molar-refractivity contribution in [3.8, 4) is 0 Å². The molecule has 1 aromatic heterocycles. The number of carbonyl (C=O) groups is 4. The Hall–Kier alpha value is -3.03. The minimum atomic E-state index is -1.53. The minimum absolute atomic E-state index is 0.102. The number of aromatic nitrogens is 2. The van der Waals surface area contributed by atoms with Gasteiger partial charge in [0.2, 0.25) is 17.7 Å². The lowest BCUT2D eigenvalue weighted by Gasteiger charge is -2.28. The number of nitrogens with one attached hydrogen (secondary N) is 4. The number of carbonyl (C=O) groups excluding carboxylic acids is 3. The first kappa shape index (κ1) is 28.0. The van der Waals surface area contributed by atoms with Gasteiger partial charge in [-0.2, -0.15) is 0 Å². The number of rotatable bonds is 13. The number of hydrogen-bond donors (Lipinski definition) is 8. The van der Waals surface area contributed by atoms with Gasteiger partial charge in [0.15, 0.2) is 0 Å². The van der Waals surface area contributed by atoms with Gasteiger partial charge in [-0.25, -0.2) is 9.78 Å². The van der Waals surface area contributed by atoms with Crippen LogP contribution in [0.5, 0.6) is 0 Å². The Balaban J connectivity index is 2.89. The number of aliphatic hydroxyl groups is 2. The van der Waals surface area contributed by atoms with E-state index < -0.39 is 66.0 Å². The number of hydrogen-bond acceptors (Lipinski definition) is 8. The standard InChI is InChI=1S/C20H34N6O7/c1-5-9(2)14(20(32)33)24-18(30)16(11(4)28)26-19(31)15(10(3)27)25-17(29)13(21)6-12-7-22-8-23-12/h7-11,13-16,27-28H,5-6,21H2,1-4H3,(H,22,23)(H,24,30)(H,25,29)(H,26,31)(H,32,33). The molecule has 0 spiro atoms. The summed E-state index contributed by atoms with van der Waals surface area (Å²) in [4.78, 5) is 55.9. The summed E-state index contributed by atoms with van der Waals surface area (Å²) >= 11 is 0. The first-order valence-corrected chi connectivity index (χ1v) is 10.6. The molecule has 0 saturated heterocycles. The molecule has 0 saturated carbocycles. The second-order valence-corrected chi connectivity index (χ2v) is 8.05. The third-order valence-electron chi connectivity index (χ3n) is 5.23. The fraction of sp³-hybridized carbons (Fsp3) is 0.650. The van der Waals surface area contributed by atoms with Crippen molar-refractivity contribution in [2.45, 2.75) is 76.9 Å². The van der Waals surface area contributed by atoms with Gasteiger partial charge in [-0.05, 0) is 19.8 Å². The molecule has 13 heteroatoms. The molecular weight excluding hydrogens is 436 g/mol. The molecule has 13 nitrogen and oxygen atoms in total. The van der Waals surface area contributed by atoms with Gasteiger partial charge in [0.1, 0.15) is 18.1 Å². The van der Waals surface area contributed by atoms with Gasteiger partial charge < -0.3 is 42.0 Å². The molecule has 0 aromatic carbocycles. The number of nitrogens with two attached hydrogens (primary N) is 1. The van der Waals surface area contributed by atoms with Gasteiger partial charge in [-0.1, -0.05) is 20.3 Å². The lowest BCUT2D eigenvalue weighted by Crippen LogP contribution is -2.62. The second-order valence-electron chi connectivity index (χ2n) is 8.05. The summed E-state index contributed by atoms with van der Waals surface area (Å²) < 4.78 is 0. The Kier molecular flexibility index (Phi) is 10.9. The first-order chi connectivity index (χ1) is 15.4. The van der Waals surface area contributed by atoms with Crippen LogP contribution in [0.3, 0.4) is 0 Å². The van der Waals surface area contributed by atoms with Crippen LogP contribution in [0.25, 0.3) is 0 Å². The number of carboxylic acids is 1. The zero-order valence-electron chi connectivity index (χ0n) is 19.1. The highest BCUT2D eigenvalue weighted by molar-refractivity contribution is 5.94. The number of amides is 3. The normalized spacial score (nSPS) is 17.5. The summed E-state index contributed by atoms with van der Waals surface area (Å²) in [5, 5.41) is 36.3. The molecule has 3 amide bonds. The molecule has 7 atom stereocenters. The summed E-state index contributed by atoms with van der Waals surface area (Å²) in [5.41, 5.74) is 6.44. The smallest absolute Gasteiger partial charge is 0.326 e. The molecule has 186 valence electrons. The summed E-state index contributed by atoms with van der Waals surface area (Å²) in [6.45, 7) is 5.89. The van der Waals surface area contributed by atoms with E-state index >= 15 is 0 Å². The zero-order valence-corrected chi connectivity index (χ0v) is 19.1. The zero-order chi connectivity index (χ0) is 25.3. The van der Waals surface area contributed by atoms with Crippen LogP contribution in [0.4, 0.5) is 0 Å². The monoisotopic (exact) mass is 470 g/mol. The van der Waals surface area contributed by atoms with Crippen molar-refractivity contribution in [2.24, 2.45) is 11.7 Å². The molecule has 33 heavy (non-hydrogen) atoms. The average molecular weight is 471 g/mol.